The molecule has 3 aromatic carbocycles. The molecule has 0 aliphatic rings. The minimum Gasteiger partial charge on any atom is -0.483 e. The first-order valence-corrected chi connectivity index (χ1v) is 13.6. The quantitative estimate of drug-likeness (QED) is 0.286. The Balaban J connectivity index is 1.95. The minimum absolute atomic E-state index is 0.178. The normalized spacial score (nSPS) is 11.8. The highest BCUT2D eigenvalue weighted by molar-refractivity contribution is 6.42. The van der Waals surface area contributed by atoms with Gasteiger partial charge in [0.2, 0.25) is 5.91 Å². The summed E-state index contributed by atoms with van der Waals surface area (Å²) in [5.41, 5.74) is 4.85. The Morgan fingerprint density at radius 3 is 2.29 bits per heavy atom. The third-order valence-corrected chi connectivity index (χ3v) is 7.15. The van der Waals surface area contributed by atoms with E-state index < -0.39 is 6.04 Å². The minimum atomic E-state index is -0.748. The fourth-order valence-corrected chi connectivity index (χ4v) is 4.50. The summed E-state index contributed by atoms with van der Waals surface area (Å²) in [4.78, 5) is 28.9. The zero-order valence-corrected chi connectivity index (χ0v) is 24.2. The molecule has 1 N–H and O–H groups in total. The fraction of sp³-hybridized carbons (Fsp3) is 0.355. The molecular weight excluding hydrogens is 519 g/mol. The smallest absolute Gasteiger partial charge is 0.261 e. The van der Waals surface area contributed by atoms with Crippen LogP contribution in [0.2, 0.25) is 10.0 Å². The van der Waals surface area contributed by atoms with Gasteiger partial charge in [0.1, 0.15) is 11.8 Å². The second-order valence-electron chi connectivity index (χ2n) is 10.1. The molecule has 0 radical (unpaired) electrons. The molecule has 3 rings (SSSR count). The van der Waals surface area contributed by atoms with Crippen molar-refractivity contribution in [3.05, 3.63) is 98.5 Å². The van der Waals surface area contributed by atoms with Crippen LogP contribution in [0.15, 0.2) is 60.7 Å². The molecule has 1 atom stereocenters. The van der Waals surface area contributed by atoms with Crippen molar-refractivity contribution in [1.29, 1.82) is 0 Å². The van der Waals surface area contributed by atoms with Crippen LogP contribution in [-0.2, 0) is 22.6 Å². The van der Waals surface area contributed by atoms with E-state index in [1.165, 1.54) is 0 Å². The van der Waals surface area contributed by atoms with Crippen molar-refractivity contribution in [1.82, 2.24) is 10.2 Å². The second kappa shape index (κ2) is 13.7. The van der Waals surface area contributed by atoms with Gasteiger partial charge in [-0.15, -0.1) is 0 Å². The Kier molecular flexibility index (Phi) is 10.6. The summed E-state index contributed by atoms with van der Waals surface area (Å²) in [7, 11) is 0. The van der Waals surface area contributed by atoms with E-state index in [4.69, 9.17) is 27.9 Å². The lowest BCUT2D eigenvalue weighted by atomic mass is 10.0. The summed E-state index contributed by atoms with van der Waals surface area (Å²) < 4.78 is 6.03. The number of aryl methyl sites for hydroxylation is 2. The molecule has 0 bridgehead atoms. The number of benzene rings is 3. The highest BCUT2D eigenvalue weighted by Crippen LogP contribution is 2.26. The van der Waals surface area contributed by atoms with Gasteiger partial charge in [0.25, 0.3) is 5.91 Å². The summed E-state index contributed by atoms with van der Waals surface area (Å²) in [5.74, 6) is 0.425. The Morgan fingerprint density at radius 1 is 0.921 bits per heavy atom. The van der Waals surface area contributed by atoms with E-state index in [9.17, 15) is 9.59 Å². The molecule has 3 aromatic rings. The van der Waals surface area contributed by atoms with Crippen molar-refractivity contribution in [3.63, 3.8) is 0 Å². The van der Waals surface area contributed by atoms with Crippen LogP contribution in [0.1, 0.15) is 41.7 Å². The van der Waals surface area contributed by atoms with Crippen LogP contribution in [0.3, 0.4) is 0 Å². The summed E-state index contributed by atoms with van der Waals surface area (Å²) in [6.45, 7) is 10.5. The maximum absolute atomic E-state index is 13.8. The number of halogens is 2. The lowest BCUT2D eigenvalue weighted by molar-refractivity contribution is -0.142. The van der Waals surface area contributed by atoms with Gasteiger partial charge in [-0.2, -0.15) is 0 Å². The molecular formula is C31H36Cl2N2O3. The Hall–Kier alpha value is -3.02. The largest absolute Gasteiger partial charge is 0.483 e. The van der Waals surface area contributed by atoms with Crippen LogP contribution in [0, 0.1) is 26.7 Å². The lowest BCUT2D eigenvalue weighted by Crippen LogP contribution is -2.52. The number of rotatable bonds is 11. The molecule has 0 aliphatic carbocycles. The number of carbonyl (C=O) groups is 2. The summed E-state index contributed by atoms with van der Waals surface area (Å²) in [6.07, 6.45) is 0.362. The standard InChI is InChI=1S/C31H36Cl2N2O3/c1-20(2)17-34-31(37)28(16-24-9-7-6-8-10-24)35(18-25-11-12-26(32)27(33)15-25)30(36)19-38-29-14-21(3)13-22(4)23(29)5/h6-15,20,28H,16-19H2,1-5H3,(H,34,37). The maximum atomic E-state index is 13.8. The monoisotopic (exact) mass is 554 g/mol. The third kappa shape index (κ3) is 8.24. The molecule has 1 unspecified atom stereocenters. The number of ether oxygens (including phenoxy) is 1. The van der Waals surface area contributed by atoms with Crippen molar-refractivity contribution in [2.24, 2.45) is 5.92 Å². The Bertz CT molecular complexity index is 1260. The van der Waals surface area contributed by atoms with Crippen molar-refractivity contribution in [2.75, 3.05) is 13.2 Å². The van der Waals surface area contributed by atoms with Gasteiger partial charge >= 0.3 is 0 Å². The summed E-state index contributed by atoms with van der Waals surface area (Å²) in [5, 5.41) is 3.84. The predicted octanol–water partition coefficient (Wildman–Crippen LogP) is 6.71. The number of hydrogen-bond donors (Lipinski definition) is 1. The van der Waals surface area contributed by atoms with Gasteiger partial charge in [-0.3, -0.25) is 9.59 Å². The van der Waals surface area contributed by atoms with Gasteiger partial charge in [-0.05, 0) is 72.7 Å². The Labute approximate surface area is 236 Å². The van der Waals surface area contributed by atoms with E-state index in [1.54, 1.807) is 17.0 Å². The van der Waals surface area contributed by atoms with Crippen molar-refractivity contribution in [3.8, 4) is 5.75 Å². The maximum Gasteiger partial charge on any atom is 0.261 e. The van der Waals surface area contributed by atoms with E-state index in [0.717, 1.165) is 27.8 Å². The average Bonchev–Trinajstić information content (AvgIpc) is 2.88. The molecule has 0 aromatic heterocycles. The van der Waals surface area contributed by atoms with Crippen LogP contribution in [0.25, 0.3) is 0 Å². The number of nitrogens with zero attached hydrogens (tertiary/aromatic N) is 1. The van der Waals surface area contributed by atoms with E-state index >= 15 is 0 Å². The molecule has 0 saturated carbocycles. The molecule has 0 heterocycles. The van der Waals surface area contributed by atoms with Crippen molar-refractivity contribution >= 4 is 35.0 Å². The highest BCUT2D eigenvalue weighted by atomic mass is 35.5. The first-order chi connectivity index (χ1) is 18.0. The number of nitrogens with one attached hydrogen (secondary N) is 1. The first-order valence-electron chi connectivity index (χ1n) is 12.8. The van der Waals surface area contributed by atoms with Gasteiger partial charge in [0.15, 0.2) is 6.61 Å². The van der Waals surface area contributed by atoms with Crippen LogP contribution in [-0.4, -0.2) is 35.9 Å². The molecule has 0 saturated heterocycles. The lowest BCUT2D eigenvalue weighted by Gasteiger charge is -2.32. The zero-order valence-electron chi connectivity index (χ0n) is 22.7. The molecule has 0 aliphatic heterocycles. The highest BCUT2D eigenvalue weighted by Gasteiger charge is 2.31. The van der Waals surface area contributed by atoms with E-state index in [0.29, 0.717) is 28.8 Å². The SMILES string of the molecule is Cc1cc(C)c(C)c(OCC(=O)N(Cc2ccc(Cl)c(Cl)c2)C(Cc2ccccc2)C(=O)NCC(C)C)c1. The van der Waals surface area contributed by atoms with E-state index in [2.05, 4.69) is 11.4 Å². The topological polar surface area (TPSA) is 58.6 Å². The zero-order chi connectivity index (χ0) is 27.8. The van der Waals surface area contributed by atoms with Gasteiger partial charge in [0.05, 0.1) is 10.0 Å². The number of carbonyl (C=O) groups excluding carboxylic acids is 2. The van der Waals surface area contributed by atoms with Crippen LogP contribution in [0.5, 0.6) is 5.75 Å². The van der Waals surface area contributed by atoms with Gasteiger partial charge in [0, 0.05) is 19.5 Å². The fourth-order valence-electron chi connectivity index (χ4n) is 4.18. The third-order valence-electron chi connectivity index (χ3n) is 6.41. The summed E-state index contributed by atoms with van der Waals surface area (Å²) >= 11 is 12.4. The van der Waals surface area contributed by atoms with Crippen molar-refractivity contribution < 1.29 is 14.3 Å². The average molecular weight is 556 g/mol. The molecule has 5 nitrogen and oxygen atoms in total. The van der Waals surface area contributed by atoms with Gasteiger partial charge in [-0.1, -0.05) is 79.5 Å². The van der Waals surface area contributed by atoms with Gasteiger partial charge < -0.3 is 15.0 Å². The molecule has 7 heteroatoms. The van der Waals surface area contributed by atoms with Crippen LogP contribution < -0.4 is 10.1 Å². The van der Waals surface area contributed by atoms with E-state index in [-0.39, 0.29) is 30.9 Å². The van der Waals surface area contributed by atoms with Crippen molar-refractivity contribution in [2.45, 2.75) is 53.6 Å². The Morgan fingerprint density at radius 2 is 1.63 bits per heavy atom. The molecule has 202 valence electrons. The molecule has 2 amide bonds. The number of amides is 2. The summed E-state index contributed by atoms with van der Waals surface area (Å²) in [6, 6.07) is 18.2. The molecule has 38 heavy (non-hydrogen) atoms. The van der Waals surface area contributed by atoms with E-state index in [1.807, 2.05) is 77.1 Å². The molecule has 0 spiro atoms. The predicted molar refractivity (Wildman–Crippen MR) is 155 cm³/mol. The first kappa shape index (κ1) is 29.5. The van der Waals surface area contributed by atoms with Crippen LogP contribution in [0.4, 0.5) is 0 Å². The second-order valence-corrected chi connectivity index (χ2v) is 10.9. The molecule has 0 fully saturated rings. The van der Waals surface area contributed by atoms with Crippen LogP contribution >= 0.6 is 23.2 Å². The van der Waals surface area contributed by atoms with Gasteiger partial charge in [-0.25, -0.2) is 0 Å². The number of hydrogen-bond acceptors (Lipinski definition) is 3.